The molecule has 2 aliphatic heterocycles. The molecule has 31 heavy (non-hydrogen) atoms. The summed E-state index contributed by atoms with van der Waals surface area (Å²) in [6.45, 7) is 1.77. The van der Waals surface area contributed by atoms with Crippen LogP contribution in [0.1, 0.15) is 58.6 Å². The second-order valence-corrected chi connectivity index (χ2v) is 9.22. The molecule has 3 aromatic rings. The lowest BCUT2D eigenvalue weighted by Gasteiger charge is -2.36. The summed E-state index contributed by atoms with van der Waals surface area (Å²) in [5, 5.41) is 3.74. The minimum atomic E-state index is 0.222. The number of hydrogen-bond acceptors (Lipinski definition) is 2. The number of nitrogens with zero attached hydrogens (tertiary/aromatic N) is 1. The van der Waals surface area contributed by atoms with Gasteiger partial charge in [-0.2, -0.15) is 0 Å². The van der Waals surface area contributed by atoms with Crippen LogP contribution in [0.4, 0.5) is 0 Å². The lowest BCUT2D eigenvalue weighted by atomic mass is 9.87. The minimum absolute atomic E-state index is 0.222. The monoisotopic (exact) mass is 408 g/mol. The van der Waals surface area contributed by atoms with Gasteiger partial charge >= 0.3 is 0 Å². The smallest absolute Gasteiger partial charge is 0.254 e. The van der Waals surface area contributed by atoms with Crippen molar-refractivity contribution in [3.8, 4) is 11.1 Å². The molecule has 3 aromatic carbocycles. The molecule has 2 heterocycles. The van der Waals surface area contributed by atoms with Gasteiger partial charge in [-0.25, -0.2) is 0 Å². The average molecular weight is 409 g/mol. The van der Waals surface area contributed by atoms with Crippen LogP contribution in [0, 0.1) is 0 Å². The molecule has 3 aliphatic rings. The lowest BCUT2D eigenvalue weighted by molar-refractivity contribution is 0.0643. The third-order valence-corrected chi connectivity index (χ3v) is 7.52. The van der Waals surface area contributed by atoms with Crippen LogP contribution in [0.15, 0.2) is 72.8 Å². The summed E-state index contributed by atoms with van der Waals surface area (Å²) in [7, 11) is 0. The van der Waals surface area contributed by atoms with Gasteiger partial charge in [0.25, 0.3) is 5.91 Å². The van der Waals surface area contributed by atoms with Gasteiger partial charge in [0.1, 0.15) is 0 Å². The van der Waals surface area contributed by atoms with Gasteiger partial charge in [-0.3, -0.25) is 4.79 Å². The first-order valence-electron chi connectivity index (χ1n) is 11.6. The molecule has 1 fully saturated rings. The number of piperidine rings is 1. The molecule has 2 unspecified atom stereocenters. The number of fused-ring (bicyclic) bond motifs is 4. The van der Waals surface area contributed by atoms with Gasteiger partial charge in [0.15, 0.2) is 0 Å². The van der Waals surface area contributed by atoms with E-state index in [4.69, 9.17) is 0 Å². The van der Waals surface area contributed by atoms with Crippen LogP contribution in [-0.2, 0) is 6.54 Å². The fourth-order valence-corrected chi connectivity index (χ4v) is 6.00. The van der Waals surface area contributed by atoms with E-state index in [1.54, 1.807) is 0 Å². The summed E-state index contributed by atoms with van der Waals surface area (Å²) >= 11 is 0. The Kier molecular flexibility index (Phi) is 4.65. The molecule has 1 N–H and O–H groups in total. The highest BCUT2D eigenvalue weighted by molar-refractivity contribution is 5.98. The Morgan fingerprint density at radius 1 is 0.806 bits per heavy atom. The van der Waals surface area contributed by atoms with Crippen LogP contribution in [0.3, 0.4) is 0 Å². The highest BCUT2D eigenvalue weighted by Gasteiger charge is 2.35. The second-order valence-electron chi connectivity index (χ2n) is 9.22. The number of benzene rings is 3. The lowest BCUT2D eigenvalue weighted by Crippen LogP contribution is -2.48. The molecule has 0 spiro atoms. The zero-order chi connectivity index (χ0) is 20.8. The molecule has 0 radical (unpaired) electrons. The van der Waals surface area contributed by atoms with Crippen molar-refractivity contribution < 1.29 is 4.79 Å². The van der Waals surface area contributed by atoms with Crippen LogP contribution in [0.5, 0.6) is 0 Å². The SMILES string of the molecule is O=C1c2ccccc2CN1C1CCNC(CCC2c3ccccc3-c3ccccc32)C1. The normalized spacial score (nSPS) is 22.3. The molecule has 1 amide bonds. The van der Waals surface area contributed by atoms with Crippen LogP contribution >= 0.6 is 0 Å². The zero-order valence-electron chi connectivity index (χ0n) is 17.8. The summed E-state index contributed by atoms with van der Waals surface area (Å²) in [5.41, 5.74) is 7.83. The van der Waals surface area contributed by atoms with Crippen molar-refractivity contribution in [1.82, 2.24) is 10.2 Å². The van der Waals surface area contributed by atoms with E-state index >= 15 is 0 Å². The number of carbonyl (C=O) groups excluding carboxylic acids is 1. The van der Waals surface area contributed by atoms with Gasteiger partial charge in [0.2, 0.25) is 0 Å². The number of amides is 1. The fraction of sp³-hybridized carbons (Fsp3) is 0.321. The maximum absolute atomic E-state index is 12.9. The first-order valence-corrected chi connectivity index (χ1v) is 11.6. The Bertz CT molecular complexity index is 1090. The van der Waals surface area contributed by atoms with Gasteiger partial charge in [0.05, 0.1) is 0 Å². The molecule has 1 saturated heterocycles. The van der Waals surface area contributed by atoms with Crippen molar-refractivity contribution in [3.63, 3.8) is 0 Å². The third-order valence-electron chi connectivity index (χ3n) is 7.52. The van der Waals surface area contributed by atoms with Crippen molar-refractivity contribution in [3.05, 3.63) is 95.1 Å². The van der Waals surface area contributed by atoms with Gasteiger partial charge in [-0.05, 0) is 66.1 Å². The summed E-state index contributed by atoms with van der Waals surface area (Å²) in [6, 6.07) is 26.7. The van der Waals surface area contributed by atoms with E-state index in [1.807, 2.05) is 18.2 Å². The molecule has 3 nitrogen and oxygen atoms in total. The molecule has 0 saturated carbocycles. The maximum Gasteiger partial charge on any atom is 0.254 e. The first-order chi connectivity index (χ1) is 15.3. The van der Waals surface area contributed by atoms with Gasteiger partial charge < -0.3 is 10.2 Å². The summed E-state index contributed by atoms with van der Waals surface area (Å²) in [4.78, 5) is 15.1. The summed E-state index contributed by atoms with van der Waals surface area (Å²) in [5.74, 6) is 0.701. The number of nitrogens with one attached hydrogen (secondary N) is 1. The first kappa shape index (κ1) is 18.8. The van der Waals surface area contributed by atoms with E-state index in [2.05, 4.69) is 64.8 Å². The maximum atomic E-state index is 12.9. The third kappa shape index (κ3) is 3.19. The Hall–Kier alpha value is -2.91. The molecule has 0 aromatic heterocycles. The topological polar surface area (TPSA) is 32.3 Å². The standard InChI is InChI=1S/C28H28N2O/c31-28-22-8-2-1-7-19(22)18-30(28)21-15-16-29-20(17-21)13-14-27-25-11-5-3-9-23(25)24-10-4-6-12-26(24)27/h1-12,20-21,27,29H,13-18H2. The van der Waals surface area contributed by atoms with E-state index in [9.17, 15) is 4.79 Å². The quantitative estimate of drug-likeness (QED) is 0.631. The van der Waals surface area contributed by atoms with Crippen molar-refractivity contribution >= 4 is 5.91 Å². The van der Waals surface area contributed by atoms with E-state index in [-0.39, 0.29) is 5.91 Å². The number of carbonyl (C=O) groups is 1. The van der Waals surface area contributed by atoms with Gasteiger partial charge in [-0.1, -0.05) is 66.7 Å². The van der Waals surface area contributed by atoms with E-state index in [0.29, 0.717) is 18.0 Å². The minimum Gasteiger partial charge on any atom is -0.331 e. The van der Waals surface area contributed by atoms with Crippen molar-refractivity contribution in [2.75, 3.05) is 6.54 Å². The molecule has 6 rings (SSSR count). The van der Waals surface area contributed by atoms with Crippen LogP contribution < -0.4 is 5.32 Å². The Morgan fingerprint density at radius 2 is 1.45 bits per heavy atom. The van der Waals surface area contributed by atoms with Crippen LogP contribution in [-0.4, -0.2) is 29.4 Å². The van der Waals surface area contributed by atoms with Gasteiger partial charge in [0, 0.05) is 30.1 Å². The van der Waals surface area contributed by atoms with E-state index < -0.39 is 0 Å². The van der Waals surface area contributed by atoms with Crippen molar-refractivity contribution in [1.29, 1.82) is 0 Å². The Morgan fingerprint density at radius 3 is 2.16 bits per heavy atom. The Labute approximate surface area is 184 Å². The molecule has 3 heteroatoms. The molecule has 2 atom stereocenters. The Balaban J connectivity index is 1.16. The average Bonchev–Trinajstić information content (AvgIpc) is 3.33. The largest absolute Gasteiger partial charge is 0.331 e. The number of hydrogen-bond donors (Lipinski definition) is 1. The summed E-state index contributed by atoms with van der Waals surface area (Å²) < 4.78 is 0. The molecule has 1 aliphatic carbocycles. The van der Waals surface area contributed by atoms with E-state index in [1.165, 1.54) is 27.8 Å². The fourth-order valence-electron chi connectivity index (χ4n) is 6.00. The highest BCUT2D eigenvalue weighted by atomic mass is 16.2. The molecule has 0 bridgehead atoms. The second kappa shape index (κ2) is 7.65. The summed E-state index contributed by atoms with van der Waals surface area (Å²) in [6.07, 6.45) is 4.38. The van der Waals surface area contributed by atoms with Crippen molar-refractivity contribution in [2.24, 2.45) is 0 Å². The number of rotatable bonds is 4. The van der Waals surface area contributed by atoms with Crippen LogP contribution in [0.25, 0.3) is 11.1 Å². The van der Waals surface area contributed by atoms with Crippen molar-refractivity contribution in [2.45, 2.75) is 50.2 Å². The molecule has 156 valence electrons. The van der Waals surface area contributed by atoms with E-state index in [0.717, 1.165) is 44.3 Å². The van der Waals surface area contributed by atoms with Gasteiger partial charge in [-0.15, -0.1) is 0 Å². The predicted octanol–water partition coefficient (Wildman–Crippen LogP) is 5.36. The van der Waals surface area contributed by atoms with Crippen LogP contribution in [0.2, 0.25) is 0 Å². The zero-order valence-corrected chi connectivity index (χ0v) is 17.8. The predicted molar refractivity (Wildman–Crippen MR) is 124 cm³/mol. The highest BCUT2D eigenvalue weighted by Crippen LogP contribution is 2.46. The molecular formula is C28H28N2O. The molecular weight excluding hydrogens is 380 g/mol.